The highest BCUT2D eigenvalue weighted by Gasteiger charge is 2.16. The fraction of sp³-hybridized carbons (Fsp3) is 0.538. The predicted octanol–water partition coefficient (Wildman–Crippen LogP) is 2.78. The molecule has 1 N–H and O–H groups in total. The highest BCUT2D eigenvalue weighted by molar-refractivity contribution is 5.49. The van der Waals surface area contributed by atoms with E-state index in [1.807, 2.05) is 6.92 Å². The molecule has 1 unspecified atom stereocenters. The van der Waals surface area contributed by atoms with Gasteiger partial charge in [-0.05, 0) is 13.3 Å². The van der Waals surface area contributed by atoms with Crippen molar-refractivity contribution in [1.82, 2.24) is 4.98 Å². The summed E-state index contributed by atoms with van der Waals surface area (Å²) in [6.07, 6.45) is 0.815. The van der Waals surface area contributed by atoms with Gasteiger partial charge in [0.05, 0.1) is 12.0 Å². The van der Waals surface area contributed by atoms with Crippen molar-refractivity contribution in [2.75, 3.05) is 30.4 Å². The van der Waals surface area contributed by atoms with Crippen molar-refractivity contribution >= 4 is 11.6 Å². The van der Waals surface area contributed by atoms with Crippen LogP contribution in [0.1, 0.15) is 20.3 Å². The van der Waals surface area contributed by atoms with Gasteiger partial charge in [-0.2, -0.15) is 5.26 Å². The van der Waals surface area contributed by atoms with Crippen LogP contribution < -0.4 is 10.2 Å². The van der Waals surface area contributed by atoms with Crippen LogP contribution in [0.4, 0.5) is 20.4 Å². The first-order valence-electron chi connectivity index (χ1n) is 6.20. The van der Waals surface area contributed by atoms with Gasteiger partial charge in [0.25, 0.3) is 0 Å². The number of hydrogen-bond acceptors (Lipinski definition) is 4. The highest BCUT2D eigenvalue weighted by atomic mass is 19.1. The van der Waals surface area contributed by atoms with Gasteiger partial charge in [0, 0.05) is 26.2 Å². The fourth-order valence-electron chi connectivity index (χ4n) is 1.63. The zero-order valence-corrected chi connectivity index (χ0v) is 11.4. The number of rotatable bonds is 6. The van der Waals surface area contributed by atoms with Gasteiger partial charge in [0.2, 0.25) is 0 Å². The number of nitrogens with zero attached hydrogens (tertiary/aromatic N) is 3. The number of halogens is 2. The Morgan fingerprint density at radius 3 is 2.74 bits per heavy atom. The first-order chi connectivity index (χ1) is 8.99. The van der Waals surface area contributed by atoms with Crippen LogP contribution in [0.2, 0.25) is 0 Å². The van der Waals surface area contributed by atoms with Crippen LogP contribution in [0.25, 0.3) is 0 Å². The Morgan fingerprint density at radius 1 is 1.47 bits per heavy atom. The van der Waals surface area contributed by atoms with Gasteiger partial charge < -0.3 is 10.2 Å². The van der Waals surface area contributed by atoms with Crippen LogP contribution in [-0.2, 0) is 0 Å². The predicted molar refractivity (Wildman–Crippen MR) is 71.0 cm³/mol. The Balaban J connectivity index is 2.96. The maximum Gasteiger partial charge on any atom is 0.168 e. The molecule has 0 radical (unpaired) electrons. The zero-order chi connectivity index (χ0) is 14.4. The summed E-state index contributed by atoms with van der Waals surface area (Å²) < 4.78 is 27.2. The summed E-state index contributed by atoms with van der Waals surface area (Å²) in [5.74, 6) is -1.62. The minimum absolute atomic E-state index is 0.0368. The van der Waals surface area contributed by atoms with Crippen LogP contribution in [0, 0.1) is 28.9 Å². The number of pyridine rings is 1. The normalized spacial score (nSPS) is 11.8. The Bertz CT molecular complexity index is 470. The van der Waals surface area contributed by atoms with E-state index in [0.29, 0.717) is 13.1 Å². The molecule has 4 nitrogen and oxygen atoms in total. The largest absolute Gasteiger partial charge is 0.368 e. The van der Waals surface area contributed by atoms with Crippen LogP contribution in [0.3, 0.4) is 0 Å². The molecule has 0 aliphatic carbocycles. The van der Waals surface area contributed by atoms with Crippen molar-refractivity contribution in [2.45, 2.75) is 20.3 Å². The fourth-order valence-corrected chi connectivity index (χ4v) is 1.63. The summed E-state index contributed by atoms with van der Waals surface area (Å²) in [7, 11) is 1.63. The molecule has 6 heteroatoms. The van der Waals surface area contributed by atoms with Crippen LogP contribution in [0.5, 0.6) is 0 Å². The van der Waals surface area contributed by atoms with Crippen molar-refractivity contribution in [2.24, 2.45) is 5.92 Å². The number of aromatic nitrogens is 1. The first-order valence-corrected chi connectivity index (χ1v) is 6.20. The molecular weight excluding hydrogens is 250 g/mol. The van der Waals surface area contributed by atoms with Crippen molar-refractivity contribution in [3.05, 3.63) is 17.7 Å². The molecule has 0 saturated heterocycles. The molecule has 104 valence electrons. The smallest absolute Gasteiger partial charge is 0.168 e. The summed E-state index contributed by atoms with van der Waals surface area (Å²) in [6, 6.07) is 2.88. The Morgan fingerprint density at radius 2 is 2.16 bits per heavy atom. The standard InChI is InChI=1S/C13H18F2N4/c1-4-5-17-12-10(14)6-11(15)13(18-12)19(3)8-9(2)7-16/h6,9H,4-5,8H2,1-3H3,(H,17,18). The van der Waals surface area contributed by atoms with Crippen molar-refractivity contribution < 1.29 is 8.78 Å². The van der Waals surface area contributed by atoms with E-state index in [9.17, 15) is 8.78 Å². The third-order valence-corrected chi connectivity index (χ3v) is 2.58. The maximum absolute atomic E-state index is 13.7. The Kier molecular flexibility index (Phi) is 5.49. The lowest BCUT2D eigenvalue weighted by molar-refractivity contribution is 0.569. The lowest BCUT2D eigenvalue weighted by atomic mass is 10.2. The zero-order valence-electron chi connectivity index (χ0n) is 11.4. The monoisotopic (exact) mass is 268 g/mol. The van der Waals surface area contributed by atoms with E-state index in [0.717, 1.165) is 12.5 Å². The highest BCUT2D eigenvalue weighted by Crippen LogP contribution is 2.22. The molecule has 0 aliphatic heterocycles. The summed E-state index contributed by atoms with van der Waals surface area (Å²) in [4.78, 5) is 5.47. The Hall–Kier alpha value is -1.90. The third kappa shape index (κ3) is 4.05. The molecule has 19 heavy (non-hydrogen) atoms. The van der Waals surface area contributed by atoms with E-state index >= 15 is 0 Å². The van der Waals surface area contributed by atoms with E-state index in [1.165, 1.54) is 4.90 Å². The van der Waals surface area contributed by atoms with E-state index in [1.54, 1.807) is 14.0 Å². The van der Waals surface area contributed by atoms with E-state index < -0.39 is 11.6 Å². The van der Waals surface area contributed by atoms with Crippen molar-refractivity contribution in [3.8, 4) is 6.07 Å². The molecule has 0 aromatic carbocycles. The van der Waals surface area contributed by atoms with Gasteiger partial charge in [-0.25, -0.2) is 13.8 Å². The van der Waals surface area contributed by atoms with E-state index in [4.69, 9.17) is 5.26 Å². The topological polar surface area (TPSA) is 52.0 Å². The molecule has 1 atom stereocenters. The average Bonchev–Trinajstić information content (AvgIpc) is 2.37. The molecule has 0 amide bonds. The lowest BCUT2D eigenvalue weighted by Crippen LogP contribution is -2.25. The molecule has 1 heterocycles. The van der Waals surface area contributed by atoms with Crippen LogP contribution in [-0.4, -0.2) is 25.1 Å². The molecule has 1 aromatic rings. The van der Waals surface area contributed by atoms with Crippen molar-refractivity contribution in [3.63, 3.8) is 0 Å². The number of anilines is 2. The molecule has 0 saturated carbocycles. The molecule has 1 rings (SSSR count). The molecular formula is C13H18F2N4. The minimum atomic E-state index is -0.729. The van der Waals surface area contributed by atoms with Gasteiger partial charge in [0.15, 0.2) is 23.3 Å². The second kappa shape index (κ2) is 6.88. The maximum atomic E-state index is 13.7. The van der Waals surface area contributed by atoms with Gasteiger partial charge in [-0.3, -0.25) is 0 Å². The second-order valence-electron chi connectivity index (χ2n) is 4.46. The van der Waals surface area contributed by atoms with Crippen LogP contribution >= 0.6 is 0 Å². The molecule has 0 spiro atoms. The minimum Gasteiger partial charge on any atom is -0.368 e. The Labute approximate surface area is 112 Å². The number of nitriles is 1. The number of hydrogen-bond donors (Lipinski definition) is 1. The van der Waals surface area contributed by atoms with E-state index in [2.05, 4.69) is 16.4 Å². The first kappa shape index (κ1) is 15.2. The van der Waals surface area contributed by atoms with Gasteiger partial charge >= 0.3 is 0 Å². The van der Waals surface area contributed by atoms with Gasteiger partial charge in [-0.15, -0.1) is 0 Å². The summed E-state index contributed by atoms with van der Waals surface area (Å²) >= 11 is 0. The summed E-state index contributed by atoms with van der Waals surface area (Å²) in [5, 5.41) is 11.6. The summed E-state index contributed by atoms with van der Waals surface area (Å²) in [5.41, 5.74) is 0. The molecule has 0 aliphatic rings. The molecule has 0 bridgehead atoms. The average molecular weight is 268 g/mol. The van der Waals surface area contributed by atoms with Crippen LogP contribution in [0.15, 0.2) is 6.07 Å². The lowest BCUT2D eigenvalue weighted by Gasteiger charge is -2.20. The van der Waals surface area contributed by atoms with Crippen molar-refractivity contribution in [1.29, 1.82) is 5.26 Å². The SMILES string of the molecule is CCCNc1nc(N(C)CC(C)C#N)c(F)cc1F. The second-order valence-corrected chi connectivity index (χ2v) is 4.46. The van der Waals surface area contributed by atoms with Gasteiger partial charge in [0.1, 0.15) is 0 Å². The summed E-state index contributed by atoms with van der Waals surface area (Å²) in [6.45, 7) is 4.57. The quantitative estimate of drug-likeness (QED) is 0.862. The third-order valence-electron chi connectivity index (χ3n) is 2.58. The van der Waals surface area contributed by atoms with Gasteiger partial charge in [-0.1, -0.05) is 6.92 Å². The number of nitrogens with one attached hydrogen (secondary N) is 1. The molecule has 0 fully saturated rings. The molecule has 1 aromatic heterocycles. The van der Waals surface area contributed by atoms with E-state index in [-0.39, 0.29) is 17.6 Å².